The van der Waals surface area contributed by atoms with Gasteiger partial charge in [-0.25, -0.2) is 8.51 Å². The minimum Gasteiger partial charge on any atom is -0.497 e. The normalized spacial score (nSPS) is 12.2. The number of benzene rings is 2. The lowest BCUT2D eigenvalue weighted by molar-refractivity contribution is -0.116. The standard InChI is InChI=1S/C25H38N4O3S/c1-18-15-21(9-10-23(18)28(6)14-13-27(4)5)26-24(30)11-12-29(7)33(31)25-19(2)16-22(32-8)17-20(25)3/h9-10,15-17H,11-14H2,1-8H3,(H,26,30). The number of rotatable bonds is 11. The van der Waals surface area contributed by atoms with E-state index in [2.05, 4.69) is 36.3 Å². The lowest BCUT2D eigenvalue weighted by atomic mass is 10.1. The largest absolute Gasteiger partial charge is 0.497 e. The van der Waals surface area contributed by atoms with Gasteiger partial charge in [0.1, 0.15) is 16.7 Å². The van der Waals surface area contributed by atoms with Gasteiger partial charge in [0, 0.05) is 51.5 Å². The Labute approximate surface area is 201 Å². The summed E-state index contributed by atoms with van der Waals surface area (Å²) in [6.45, 7) is 8.18. The number of amides is 1. The average Bonchev–Trinajstić information content (AvgIpc) is 2.75. The number of hydrogen-bond acceptors (Lipinski definition) is 5. The first-order valence-electron chi connectivity index (χ1n) is 11.1. The highest BCUT2D eigenvalue weighted by Crippen LogP contribution is 2.26. The summed E-state index contributed by atoms with van der Waals surface area (Å²) in [4.78, 5) is 17.7. The Balaban J connectivity index is 1.95. The van der Waals surface area contributed by atoms with Gasteiger partial charge in [-0.3, -0.25) is 4.79 Å². The molecule has 33 heavy (non-hydrogen) atoms. The first kappa shape index (κ1) is 26.8. The van der Waals surface area contributed by atoms with Gasteiger partial charge in [-0.2, -0.15) is 0 Å². The predicted molar refractivity (Wildman–Crippen MR) is 138 cm³/mol. The molecule has 0 aliphatic carbocycles. The lowest BCUT2D eigenvalue weighted by Crippen LogP contribution is -2.29. The average molecular weight is 475 g/mol. The molecule has 182 valence electrons. The summed E-state index contributed by atoms with van der Waals surface area (Å²) in [5.41, 5.74) is 4.85. The van der Waals surface area contributed by atoms with Crippen LogP contribution in [0.2, 0.25) is 0 Å². The highest BCUT2D eigenvalue weighted by molar-refractivity contribution is 7.82. The molecule has 2 rings (SSSR count). The second kappa shape index (κ2) is 12.2. The Morgan fingerprint density at radius 3 is 2.12 bits per heavy atom. The van der Waals surface area contributed by atoms with Gasteiger partial charge in [0.05, 0.1) is 12.0 Å². The molecule has 0 spiro atoms. The van der Waals surface area contributed by atoms with Gasteiger partial charge in [0.2, 0.25) is 5.91 Å². The Bertz CT molecular complexity index is 971. The van der Waals surface area contributed by atoms with E-state index >= 15 is 0 Å². The maximum atomic E-state index is 13.1. The van der Waals surface area contributed by atoms with E-state index in [-0.39, 0.29) is 12.3 Å². The molecule has 0 aliphatic rings. The van der Waals surface area contributed by atoms with Crippen molar-refractivity contribution in [2.45, 2.75) is 32.1 Å². The predicted octanol–water partition coefficient (Wildman–Crippen LogP) is 3.60. The van der Waals surface area contributed by atoms with E-state index < -0.39 is 11.0 Å². The van der Waals surface area contributed by atoms with Gasteiger partial charge in [-0.05, 0) is 81.9 Å². The van der Waals surface area contributed by atoms with Crippen LogP contribution in [-0.4, -0.2) is 74.3 Å². The van der Waals surface area contributed by atoms with Crippen molar-refractivity contribution in [2.75, 3.05) is 65.2 Å². The van der Waals surface area contributed by atoms with Gasteiger partial charge >= 0.3 is 0 Å². The van der Waals surface area contributed by atoms with Crippen LogP contribution in [0.1, 0.15) is 23.1 Å². The van der Waals surface area contributed by atoms with Gasteiger partial charge in [0.25, 0.3) is 0 Å². The Morgan fingerprint density at radius 1 is 0.939 bits per heavy atom. The summed E-state index contributed by atoms with van der Waals surface area (Å²) in [6.07, 6.45) is 0.250. The number of nitrogens with one attached hydrogen (secondary N) is 1. The molecule has 0 aromatic heterocycles. The van der Waals surface area contributed by atoms with Crippen LogP contribution in [0.4, 0.5) is 11.4 Å². The quantitative estimate of drug-likeness (QED) is 0.539. The third kappa shape index (κ3) is 7.55. The minimum atomic E-state index is -1.35. The summed E-state index contributed by atoms with van der Waals surface area (Å²) in [5.74, 6) is 0.646. The number of likely N-dealkylation sites (N-methyl/N-ethyl adjacent to an activating group) is 2. The lowest BCUT2D eigenvalue weighted by Gasteiger charge is -2.24. The molecule has 0 fully saturated rings. The van der Waals surface area contributed by atoms with Gasteiger partial charge in [-0.1, -0.05) is 0 Å². The molecule has 0 saturated heterocycles. The van der Waals surface area contributed by atoms with Crippen molar-refractivity contribution in [2.24, 2.45) is 0 Å². The molecule has 1 atom stereocenters. The number of nitrogens with zero attached hydrogens (tertiary/aromatic N) is 3. The zero-order chi connectivity index (χ0) is 24.7. The van der Waals surface area contributed by atoms with Crippen LogP contribution in [0.25, 0.3) is 0 Å². The Hall–Kier alpha value is -2.42. The monoisotopic (exact) mass is 474 g/mol. The van der Waals surface area contributed by atoms with Crippen molar-refractivity contribution < 1.29 is 13.7 Å². The summed E-state index contributed by atoms with van der Waals surface area (Å²) in [6, 6.07) is 9.72. The van der Waals surface area contributed by atoms with Crippen LogP contribution in [0, 0.1) is 20.8 Å². The highest BCUT2D eigenvalue weighted by Gasteiger charge is 2.18. The van der Waals surface area contributed by atoms with Gasteiger partial charge in [0.15, 0.2) is 0 Å². The van der Waals surface area contributed by atoms with Crippen molar-refractivity contribution in [1.82, 2.24) is 9.21 Å². The van der Waals surface area contributed by atoms with E-state index in [4.69, 9.17) is 4.74 Å². The van der Waals surface area contributed by atoms with Crippen LogP contribution in [0.3, 0.4) is 0 Å². The molecule has 0 bridgehead atoms. The summed E-state index contributed by atoms with van der Waals surface area (Å²) in [7, 11) is 8.24. The zero-order valence-electron chi connectivity index (χ0n) is 21.2. The smallest absolute Gasteiger partial charge is 0.225 e. The van der Waals surface area contributed by atoms with Crippen molar-refractivity contribution >= 4 is 28.3 Å². The first-order chi connectivity index (χ1) is 15.5. The zero-order valence-corrected chi connectivity index (χ0v) is 22.0. The van der Waals surface area contributed by atoms with Crippen molar-refractivity contribution in [3.63, 3.8) is 0 Å². The van der Waals surface area contributed by atoms with Crippen molar-refractivity contribution in [3.05, 3.63) is 47.0 Å². The van der Waals surface area contributed by atoms with Crippen LogP contribution >= 0.6 is 0 Å². The molecule has 1 amide bonds. The molecule has 0 heterocycles. The number of carbonyl (C=O) groups excluding carboxylic acids is 1. The van der Waals surface area contributed by atoms with E-state index in [0.29, 0.717) is 6.54 Å². The molecule has 2 aromatic rings. The van der Waals surface area contributed by atoms with E-state index in [9.17, 15) is 9.00 Å². The van der Waals surface area contributed by atoms with E-state index in [0.717, 1.165) is 51.8 Å². The molecule has 2 aromatic carbocycles. The van der Waals surface area contributed by atoms with Gasteiger partial charge < -0.3 is 19.9 Å². The fourth-order valence-electron chi connectivity index (χ4n) is 3.66. The van der Waals surface area contributed by atoms with Gasteiger partial charge in [-0.15, -0.1) is 0 Å². The number of aryl methyl sites for hydroxylation is 3. The van der Waals surface area contributed by atoms with Crippen LogP contribution < -0.4 is 15.0 Å². The molecule has 0 saturated carbocycles. The van der Waals surface area contributed by atoms with Crippen LogP contribution in [0.5, 0.6) is 5.75 Å². The number of hydrogen-bond donors (Lipinski definition) is 1. The van der Waals surface area contributed by atoms with E-state index in [1.807, 2.05) is 51.1 Å². The molecule has 0 radical (unpaired) electrons. The number of methoxy groups -OCH3 is 1. The molecular formula is C25H38N4O3S. The van der Waals surface area contributed by atoms with Crippen molar-refractivity contribution in [3.8, 4) is 5.75 Å². The molecule has 1 unspecified atom stereocenters. The summed E-state index contributed by atoms with van der Waals surface area (Å²) >= 11 is 0. The van der Waals surface area contributed by atoms with E-state index in [1.54, 1.807) is 18.5 Å². The first-order valence-corrected chi connectivity index (χ1v) is 12.2. The van der Waals surface area contributed by atoms with Crippen LogP contribution in [0.15, 0.2) is 35.2 Å². The van der Waals surface area contributed by atoms with E-state index in [1.165, 1.54) is 0 Å². The summed E-state index contributed by atoms with van der Waals surface area (Å²) < 4.78 is 20.0. The fourth-order valence-corrected chi connectivity index (χ4v) is 4.89. The minimum absolute atomic E-state index is 0.102. The highest BCUT2D eigenvalue weighted by atomic mass is 32.2. The Kier molecular flexibility index (Phi) is 9.88. The summed E-state index contributed by atoms with van der Waals surface area (Å²) in [5, 5.41) is 2.96. The number of carbonyl (C=O) groups is 1. The maximum Gasteiger partial charge on any atom is 0.225 e. The van der Waals surface area contributed by atoms with Crippen molar-refractivity contribution in [1.29, 1.82) is 0 Å². The molecule has 0 aliphatic heterocycles. The molecule has 7 nitrogen and oxygen atoms in total. The SMILES string of the molecule is COc1cc(C)c(S(=O)N(C)CCC(=O)Nc2ccc(N(C)CCN(C)C)c(C)c2)c(C)c1. The second-order valence-electron chi connectivity index (χ2n) is 8.72. The van der Waals surface area contributed by atoms with Crippen LogP contribution in [-0.2, 0) is 15.8 Å². The molecule has 1 N–H and O–H groups in total. The number of anilines is 2. The maximum absolute atomic E-state index is 13.1. The second-order valence-corrected chi connectivity index (χ2v) is 10.2. The topological polar surface area (TPSA) is 65.1 Å². The molecular weight excluding hydrogens is 436 g/mol. The Morgan fingerprint density at radius 2 is 1.58 bits per heavy atom. The third-order valence-corrected chi connectivity index (χ3v) is 7.30. The molecule has 8 heteroatoms. The fraction of sp³-hybridized carbons (Fsp3) is 0.480. The number of ether oxygens (including phenoxy) is 1. The third-order valence-electron chi connectivity index (χ3n) is 5.56.